The van der Waals surface area contributed by atoms with Crippen LogP contribution in [0.25, 0.3) is 0 Å². The van der Waals surface area contributed by atoms with Gasteiger partial charge in [0, 0.05) is 0 Å². The Morgan fingerprint density at radius 3 is 1.80 bits per heavy atom. The Kier molecular flexibility index (Phi) is 6.75. The van der Waals surface area contributed by atoms with Crippen molar-refractivity contribution >= 4 is 22.1 Å². The van der Waals surface area contributed by atoms with Crippen LogP contribution in [-0.2, 0) is 18.1 Å². The van der Waals surface area contributed by atoms with Crippen molar-refractivity contribution in [3.63, 3.8) is 0 Å². The molecule has 0 amide bonds. The first kappa shape index (κ1) is 17.8. The molecule has 0 saturated carbocycles. The van der Waals surface area contributed by atoms with Crippen molar-refractivity contribution in [3.8, 4) is 0 Å². The van der Waals surface area contributed by atoms with E-state index in [-0.39, 0.29) is 18.9 Å². The fraction of sp³-hybridized carbons (Fsp3) is 1.00. The van der Waals surface area contributed by atoms with Crippen LogP contribution in [0.1, 0.15) is 0 Å². The van der Waals surface area contributed by atoms with Crippen molar-refractivity contribution < 1.29 is 63.4 Å². The maximum atomic E-state index is 12.0. The van der Waals surface area contributed by atoms with Gasteiger partial charge in [0.05, 0.1) is 0 Å². The van der Waals surface area contributed by atoms with E-state index >= 15 is 0 Å². The minimum absolute atomic E-state index is 0. The smallest absolute Gasteiger partial charge is 0.761 e. The van der Waals surface area contributed by atoms with Gasteiger partial charge in [-0.05, 0) is 7.11 Å². The third kappa shape index (κ3) is 9.38. The van der Waals surface area contributed by atoms with Gasteiger partial charge in [-0.3, -0.25) is 4.57 Å². The molecule has 0 spiro atoms. The number of hydrogen-bond acceptors (Lipinski definition) is 5. The van der Waals surface area contributed by atoms with E-state index in [4.69, 9.17) is 0 Å². The van der Waals surface area contributed by atoms with Crippen LogP contribution < -0.4 is 23.8 Å². The maximum Gasteiger partial charge on any atom is 1.00 e. The zero-order valence-corrected chi connectivity index (χ0v) is 8.43. The minimum Gasteiger partial charge on any atom is -0.761 e. The van der Waals surface area contributed by atoms with Gasteiger partial charge in [0.1, 0.15) is 0 Å². The first-order valence-electron chi connectivity index (χ1n) is 2.94. The van der Waals surface area contributed by atoms with Gasteiger partial charge in [0.25, 0.3) is 0 Å². The third-order valence-electron chi connectivity index (χ3n) is 0.775. The molecule has 0 bridgehead atoms. The Balaban J connectivity index is 0. The van der Waals surface area contributed by atoms with Crippen LogP contribution in [0, 0.1) is 0 Å². The molecule has 0 radical (unpaired) electrons. The van der Waals surface area contributed by atoms with E-state index in [1.54, 1.807) is 0 Å². The van der Waals surface area contributed by atoms with Gasteiger partial charge in [-0.2, -0.15) is 0 Å². The molecule has 0 aliphatic carbocycles. The standard InChI is InChI=1S/CH4B2F5O5P.Li/c1-11-3(7,8)13-14(9,10)12-2(4,5)6;/h1H3,(H,9,10);/q-2;+1/p-1. The molecule has 0 aromatic carbocycles. The molecule has 5 nitrogen and oxygen atoms in total. The summed E-state index contributed by atoms with van der Waals surface area (Å²) in [6, 6.07) is 0. The molecule has 0 fully saturated rings. The predicted octanol–water partition coefficient (Wildman–Crippen LogP) is -2.14. The quantitative estimate of drug-likeness (QED) is 0.316. The minimum atomic E-state index is -6.24. The maximum absolute atomic E-state index is 12.0. The van der Waals surface area contributed by atoms with Crippen molar-refractivity contribution in [1.82, 2.24) is 0 Å². The van der Waals surface area contributed by atoms with Crippen molar-refractivity contribution in [2.24, 2.45) is 0 Å². The van der Waals surface area contributed by atoms with Crippen LogP contribution in [0.15, 0.2) is 0 Å². The average Bonchev–Trinajstić information content (AvgIpc) is 1.78. The summed E-state index contributed by atoms with van der Waals surface area (Å²) in [6.07, 6.45) is 0. The van der Waals surface area contributed by atoms with E-state index in [0.29, 0.717) is 7.11 Å². The molecule has 0 aliphatic rings. The first-order chi connectivity index (χ1) is 5.97. The number of phosphoric acid groups is 1. The summed E-state index contributed by atoms with van der Waals surface area (Å²) in [4.78, 5) is 10.2. The second-order valence-corrected chi connectivity index (χ2v) is 3.26. The van der Waals surface area contributed by atoms with Gasteiger partial charge < -0.3 is 40.0 Å². The first-order valence-corrected chi connectivity index (χ1v) is 4.40. The molecular weight excluding hydrogens is 247 g/mol. The molecule has 0 aromatic heterocycles. The number of rotatable bonds is 5. The normalized spacial score (nSPS) is 16.7. The van der Waals surface area contributed by atoms with Crippen LogP contribution in [0.5, 0.6) is 0 Å². The Bertz CT molecular complexity index is 246. The molecule has 15 heavy (non-hydrogen) atoms. The summed E-state index contributed by atoms with van der Waals surface area (Å²) >= 11 is 0. The third-order valence-corrected chi connectivity index (χ3v) is 1.78. The van der Waals surface area contributed by atoms with Crippen LogP contribution in [0.2, 0.25) is 0 Å². The van der Waals surface area contributed by atoms with E-state index < -0.39 is 22.1 Å². The molecule has 14 heteroatoms. The molecule has 0 heterocycles. The number of halogens is 5. The van der Waals surface area contributed by atoms with Crippen LogP contribution in [0.3, 0.4) is 0 Å². The Morgan fingerprint density at radius 1 is 1.13 bits per heavy atom. The zero-order chi connectivity index (χ0) is 11.6. The van der Waals surface area contributed by atoms with Crippen LogP contribution in [-0.4, -0.2) is 21.4 Å². The second kappa shape index (κ2) is 5.68. The molecule has 86 valence electrons. The topological polar surface area (TPSA) is 67.8 Å². The second-order valence-electron chi connectivity index (χ2n) is 1.94. The monoisotopic (exact) mass is 250 g/mol. The molecule has 1 atom stereocenters. The van der Waals surface area contributed by atoms with Crippen LogP contribution in [0.4, 0.5) is 21.6 Å². The summed E-state index contributed by atoms with van der Waals surface area (Å²) in [5.41, 5.74) is 0. The van der Waals surface area contributed by atoms with Gasteiger partial charge in [-0.25, -0.2) is 0 Å². The molecule has 0 N–H and O–H groups in total. The molecule has 0 saturated heterocycles. The predicted molar refractivity (Wildman–Crippen MR) is 33.8 cm³/mol. The SMILES string of the molecule is CO[B-](F)(F)OP(=O)([O-])O[B-](F)(F)F.[Li+]. The van der Waals surface area contributed by atoms with Gasteiger partial charge in [-0.15, -0.1) is 0 Å². The van der Waals surface area contributed by atoms with E-state index in [9.17, 15) is 31.0 Å². The Hall–Kier alpha value is 0.447. The van der Waals surface area contributed by atoms with E-state index in [1.807, 2.05) is 0 Å². The molecule has 0 aliphatic heterocycles. The van der Waals surface area contributed by atoms with Gasteiger partial charge in [0.15, 0.2) is 7.82 Å². The van der Waals surface area contributed by atoms with Crippen molar-refractivity contribution in [2.45, 2.75) is 0 Å². The number of hydrogen-bond donors (Lipinski definition) is 0. The fourth-order valence-corrected chi connectivity index (χ4v) is 1.09. The summed E-state index contributed by atoms with van der Waals surface area (Å²) in [5.74, 6) is 0. The molecule has 1 unspecified atom stereocenters. The average molecular weight is 250 g/mol. The summed E-state index contributed by atoms with van der Waals surface area (Å²) < 4.78 is 76.5. The van der Waals surface area contributed by atoms with Crippen molar-refractivity contribution in [3.05, 3.63) is 0 Å². The molecular formula is CH3B2F5LiO5P-2. The summed E-state index contributed by atoms with van der Waals surface area (Å²) in [7, 11) is -17.4. The molecule has 0 aromatic rings. The fourth-order valence-electron chi connectivity index (χ4n) is 0.365. The zero-order valence-electron chi connectivity index (χ0n) is 7.53. The van der Waals surface area contributed by atoms with E-state index in [1.165, 1.54) is 0 Å². The van der Waals surface area contributed by atoms with Crippen molar-refractivity contribution in [2.75, 3.05) is 7.11 Å². The van der Waals surface area contributed by atoms with E-state index in [0.717, 1.165) is 0 Å². The largest absolute Gasteiger partial charge is 1.00 e. The van der Waals surface area contributed by atoms with Gasteiger partial charge in [0.2, 0.25) is 0 Å². The van der Waals surface area contributed by atoms with Gasteiger partial charge in [-0.1, -0.05) is 0 Å². The van der Waals surface area contributed by atoms with Crippen LogP contribution >= 0.6 is 7.82 Å². The van der Waals surface area contributed by atoms with E-state index in [2.05, 4.69) is 13.5 Å². The molecule has 0 rings (SSSR count). The summed E-state index contributed by atoms with van der Waals surface area (Å²) in [6.45, 7) is 0. The van der Waals surface area contributed by atoms with Gasteiger partial charge >= 0.3 is 33.1 Å². The Labute approximate surface area is 93.2 Å². The Morgan fingerprint density at radius 2 is 1.53 bits per heavy atom. The van der Waals surface area contributed by atoms with Crippen molar-refractivity contribution in [1.29, 1.82) is 0 Å². The summed E-state index contributed by atoms with van der Waals surface area (Å²) in [5, 5.41) is 0.